The van der Waals surface area contributed by atoms with E-state index in [1.54, 1.807) is 19.3 Å². The number of ether oxygens (including phenoxy) is 1. The van der Waals surface area contributed by atoms with Crippen molar-refractivity contribution in [1.82, 2.24) is 9.80 Å². The largest absolute Gasteiger partial charge is 0.496 e. The number of carbonyl (C=O) groups is 1. The molecule has 1 aliphatic rings. The minimum Gasteiger partial charge on any atom is -0.496 e. The van der Waals surface area contributed by atoms with Crippen LogP contribution in [0.5, 0.6) is 5.75 Å². The molecule has 0 N–H and O–H groups in total. The van der Waals surface area contributed by atoms with Crippen LogP contribution in [0.15, 0.2) is 55.1 Å². The Labute approximate surface area is 197 Å². The Morgan fingerprint density at radius 2 is 1.88 bits per heavy atom. The predicted molar refractivity (Wildman–Crippen MR) is 134 cm³/mol. The lowest BCUT2D eigenvalue weighted by molar-refractivity contribution is 0.104. The zero-order valence-electron chi connectivity index (χ0n) is 19.5. The number of likely N-dealkylation sites (N-methyl/N-ethyl adjacent to an activating group) is 1. The van der Waals surface area contributed by atoms with Gasteiger partial charge in [-0.1, -0.05) is 61.9 Å². The van der Waals surface area contributed by atoms with Gasteiger partial charge in [-0.25, -0.2) is 0 Å². The van der Waals surface area contributed by atoms with Gasteiger partial charge in [0, 0.05) is 43.2 Å². The van der Waals surface area contributed by atoms with E-state index in [4.69, 9.17) is 16.3 Å². The third-order valence-corrected chi connectivity index (χ3v) is 6.53. The molecule has 0 saturated carbocycles. The van der Waals surface area contributed by atoms with Crippen molar-refractivity contribution >= 4 is 23.5 Å². The van der Waals surface area contributed by atoms with Crippen molar-refractivity contribution < 1.29 is 9.53 Å². The molecular formula is C27H33ClN2O2. The molecular weight excluding hydrogens is 420 g/mol. The van der Waals surface area contributed by atoms with Gasteiger partial charge in [0.15, 0.2) is 5.78 Å². The lowest BCUT2D eigenvalue weighted by Gasteiger charge is -2.32. The van der Waals surface area contributed by atoms with Gasteiger partial charge in [0.05, 0.1) is 12.7 Å². The molecule has 0 amide bonds. The van der Waals surface area contributed by atoms with E-state index >= 15 is 0 Å². The average molecular weight is 453 g/mol. The van der Waals surface area contributed by atoms with E-state index in [1.165, 1.54) is 5.56 Å². The van der Waals surface area contributed by atoms with E-state index in [-0.39, 0.29) is 11.2 Å². The van der Waals surface area contributed by atoms with E-state index < -0.39 is 0 Å². The van der Waals surface area contributed by atoms with Gasteiger partial charge in [-0.15, -0.1) is 6.58 Å². The van der Waals surface area contributed by atoms with Gasteiger partial charge in [0.2, 0.25) is 0 Å². The highest BCUT2D eigenvalue weighted by Crippen LogP contribution is 2.36. The highest BCUT2D eigenvalue weighted by molar-refractivity contribution is 6.32. The van der Waals surface area contributed by atoms with Crippen molar-refractivity contribution in [3.05, 3.63) is 82.4 Å². The first kappa shape index (κ1) is 24.2. The van der Waals surface area contributed by atoms with E-state index in [0.717, 1.165) is 43.9 Å². The first-order chi connectivity index (χ1) is 15.2. The van der Waals surface area contributed by atoms with E-state index in [2.05, 4.69) is 41.6 Å². The number of piperazine rings is 1. The number of carbonyl (C=O) groups excluding carboxylic acids is 1. The van der Waals surface area contributed by atoms with Crippen molar-refractivity contribution in [1.29, 1.82) is 0 Å². The molecule has 170 valence electrons. The molecule has 0 bridgehead atoms. The molecule has 1 heterocycles. The highest BCUT2D eigenvalue weighted by atomic mass is 35.5. The minimum absolute atomic E-state index is 0.117. The maximum Gasteiger partial charge on any atom is 0.189 e. The molecule has 0 unspecified atom stereocenters. The summed E-state index contributed by atoms with van der Waals surface area (Å²) in [4.78, 5) is 18.0. The fourth-order valence-electron chi connectivity index (χ4n) is 3.86. The number of methoxy groups -OCH3 is 1. The number of allylic oxidation sites excluding steroid dienone is 2. The second-order valence-corrected chi connectivity index (χ2v) is 9.34. The summed E-state index contributed by atoms with van der Waals surface area (Å²) >= 11 is 6.48. The summed E-state index contributed by atoms with van der Waals surface area (Å²) < 4.78 is 5.46. The summed E-state index contributed by atoms with van der Waals surface area (Å²) in [5, 5.41) is 0.560. The Morgan fingerprint density at radius 1 is 1.19 bits per heavy atom. The Kier molecular flexibility index (Phi) is 7.94. The standard InChI is InChI=1S/C27H33ClN2O2/c1-6-27(2,3)23-17-22(26(32-5)18-24(23)28)25(31)12-11-20-9-7-8-10-21(20)19-30-15-13-29(4)14-16-30/h6-12,17-18H,1,13-16,19H2,2-5H3. The van der Waals surface area contributed by atoms with Crippen LogP contribution in [0.4, 0.5) is 0 Å². The second-order valence-electron chi connectivity index (χ2n) is 8.93. The molecule has 1 saturated heterocycles. The summed E-state index contributed by atoms with van der Waals surface area (Å²) in [5.41, 5.74) is 3.26. The first-order valence-corrected chi connectivity index (χ1v) is 11.4. The molecule has 0 radical (unpaired) electrons. The molecule has 3 rings (SSSR count). The number of benzene rings is 2. The van der Waals surface area contributed by atoms with Gasteiger partial charge in [0.1, 0.15) is 5.75 Å². The van der Waals surface area contributed by atoms with Crippen molar-refractivity contribution in [3.8, 4) is 5.75 Å². The quantitative estimate of drug-likeness (QED) is 0.302. The Hall–Kier alpha value is -2.40. The number of ketones is 1. The van der Waals surface area contributed by atoms with Gasteiger partial charge in [-0.05, 0) is 41.9 Å². The smallest absolute Gasteiger partial charge is 0.189 e. The molecule has 32 heavy (non-hydrogen) atoms. The van der Waals surface area contributed by atoms with Crippen LogP contribution >= 0.6 is 11.6 Å². The van der Waals surface area contributed by atoms with E-state index in [9.17, 15) is 4.79 Å². The van der Waals surface area contributed by atoms with Crippen LogP contribution in [0.1, 0.15) is 40.9 Å². The predicted octanol–water partition coefficient (Wildman–Crippen LogP) is 5.46. The van der Waals surface area contributed by atoms with Crippen molar-refractivity contribution in [2.24, 2.45) is 0 Å². The van der Waals surface area contributed by atoms with Crippen LogP contribution in [0.25, 0.3) is 6.08 Å². The molecule has 2 aromatic rings. The van der Waals surface area contributed by atoms with Crippen LogP contribution in [-0.2, 0) is 12.0 Å². The molecule has 0 aromatic heterocycles. The molecule has 2 aromatic carbocycles. The van der Waals surface area contributed by atoms with Gasteiger partial charge in [0.25, 0.3) is 0 Å². The number of hydrogen-bond acceptors (Lipinski definition) is 4. The Bertz CT molecular complexity index is 1000. The maximum atomic E-state index is 13.2. The lowest BCUT2D eigenvalue weighted by atomic mass is 9.83. The van der Waals surface area contributed by atoms with E-state index in [0.29, 0.717) is 16.3 Å². The van der Waals surface area contributed by atoms with Gasteiger partial charge in [-0.3, -0.25) is 9.69 Å². The van der Waals surface area contributed by atoms with Crippen LogP contribution in [0, 0.1) is 0 Å². The summed E-state index contributed by atoms with van der Waals surface area (Å²) in [6.07, 6.45) is 5.36. The summed E-state index contributed by atoms with van der Waals surface area (Å²) in [5.74, 6) is 0.355. The fourth-order valence-corrected chi connectivity index (χ4v) is 4.26. The highest BCUT2D eigenvalue weighted by Gasteiger charge is 2.23. The second kappa shape index (κ2) is 10.5. The molecule has 5 heteroatoms. The van der Waals surface area contributed by atoms with Crippen molar-refractivity contribution in [2.75, 3.05) is 40.3 Å². The lowest BCUT2D eigenvalue weighted by Crippen LogP contribution is -2.43. The summed E-state index contributed by atoms with van der Waals surface area (Å²) in [7, 11) is 3.71. The van der Waals surface area contributed by atoms with Crippen molar-refractivity contribution in [3.63, 3.8) is 0 Å². The zero-order chi connectivity index (χ0) is 23.3. The number of halogens is 1. The number of rotatable bonds is 8. The van der Waals surface area contributed by atoms with Crippen LogP contribution in [0.2, 0.25) is 5.02 Å². The number of nitrogens with zero attached hydrogens (tertiary/aromatic N) is 2. The number of hydrogen-bond donors (Lipinski definition) is 0. The topological polar surface area (TPSA) is 32.8 Å². The van der Waals surface area contributed by atoms with Gasteiger partial charge < -0.3 is 9.64 Å². The van der Waals surface area contributed by atoms with Crippen LogP contribution in [-0.4, -0.2) is 55.9 Å². The maximum absolute atomic E-state index is 13.2. The molecule has 1 fully saturated rings. The van der Waals surface area contributed by atoms with Gasteiger partial charge in [-0.2, -0.15) is 0 Å². The first-order valence-electron chi connectivity index (χ1n) is 11.0. The Balaban J connectivity index is 1.85. The SMILES string of the molecule is C=CC(C)(C)c1cc(C(=O)C=Cc2ccccc2CN2CCN(C)CC2)c(OC)cc1Cl. The van der Waals surface area contributed by atoms with Crippen LogP contribution in [0.3, 0.4) is 0 Å². The Morgan fingerprint density at radius 3 is 2.53 bits per heavy atom. The minimum atomic E-state index is -0.364. The third kappa shape index (κ3) is 5.69. The monoisotopic (exact) mass is 452 g/mol. The average Bonchev–Trinajstić information content (AvgIpc) is 2.79. The molecule has 0 spiro atoms. The molecule has 0 atom stereocenters. The molecule has 1 aliphatic heterocycles. The normalized spacial score (nSPS) is 15.8. The third-order valence-electron chi connectivity index (χ3n) is 6.22. The van der Waals surface area contributed by atoms with E-state index in [1.807, 2.05) is 38.1 Å². The molecule has 0 aliphatic carbocycles. The van der Waals surface area contributed by atoms with Crippen LogP contribution < -0.4 is 4.74 Å². The zero-order valence-corrected chi connectivity index (χ0v) is 20.3. The summed E-state index contributed by atoms with van der Waals surface area (Å²) in [6, 6.07) is 11.8. The summed E-state index contributed by atoms with van der Waals surface area (Å²) in [6.45, 7) is 13.1. The van der Waals surface area contributed by atoms with Gasteiger partial charge >= 0.3 is 0 Å². The van der Waals surface area contributed by atoms with Crippen molar-refractivity contribution in [2.45, 2.75) is 25.8 Å². The molecule has 4 nitrogen and oxygen atoms in total. The fraction of sp³-hybridized carbons (Fsp3) is 0.370.